The van der Waals surface area contributed by atoms with Crippen molar-refractivity contribution >= 4 is 0 Å². The number of imidazole rings is 1. The number of rotatable bonds is 3. The second-order valence-corrected chi connectivity index (χ2v) is 5.31. The van der Waals surface area contributed by atoms with Crippen LogP contribution in [-0.2, 0) is 6.54 Å². The molecule has 0 aliphatic heterocycles. The SMILES string of the molecule is NCc1nc(-c2ccccc2)cn1C1CCCCC1. The maximum absolute atomic E-state index is 5.87. The van der Waals surface area contributed by atoms with E-state index in [4.69, 9.17) is 10.7 Å². The Hall–Kier alpha value is -1.61. The van der Waals surface area contributed by atoms with E-state index in [-0.39, 0.29) is 0 Å². The highest BCUT2D eigenvalue weighted by molar-refractivity contribution is 5.58. The van der Waals surface area contributed by atoms with Crippen molar-refractivity contribution in [3.63, 3.8) is 0 Å². The minimum Gasteiger partial charge on any atom is -0.330 e. The molecule has 1 saturated carbocycles. The molecular formula is C16H21N3. The summed E-state index contributed by atoms with van der Waals surface area (Å²) in [5.74, 6) is 1.02. The van der Waals surface area contributed by atoms with Crippen LogP contribution in [0.3, 0.4) is 0 Å². The van der Waals surface area contributed by atoms with Crippen molar-refractivity contribution in [1.82, 2.24) is 9.55 Å². The number of aromatic nitrogens is 2. The van der Waals surface area contributed by atoms with Crippen LogP contribution in [0.25, 0.3) is 11.3 Å². The van der Waals surface area contributed by atoms with Crippen LogP contribution in [0.5, 0.6) is 0 Å². The van der Waals surface area contributed by atoms with Crippen LogP contribution >= 0.6 is 0 Å². The van der Waals surface area contributed by atoms with E-state index in [1.165, 1.54) is 37.7 Å². The molecule has 2 N–H and O–H groups in total. The Morgan fingerprint density at radius 3 is 2.53 bits per heavy atom. The molecule has 1 heterocycles. The van der Waals surface area contributed by atoms with Gasteiger partial charge in [0, 0.05) is 17.8 Å². The van der Waals surface area contributed by atoms with Gasteiger partial charge in [-0.2, -0.15) is 0 Å². The maximum atomic E-state index is 5.87. The third-order valence-corrected chi connectivity index (χ3v) is 4.03. The predicted molar refractivity (Wildman–Crippen MR) is 77.7 cm³/mol. The Morgan fingerprint density at radius 1 is 1.11 bits per heavy atom. The number of nitrogens with two attached hydrogens (primary N) is 1. The Labute approximate surface area is 114 Å². The quantitative estimate of drug-likeness (QED) is 0.912. The zero-order valence-electron chi connectivity index (χ0n) is 11.3. The molecule has 1 aromatic heterocycles. The summed E-state index contributed by atoms with van der Waals surface area (Å²) in [6, 6.07) is 10.9. The van der Waals surface area contributed by atoms with Crippen LogP contribution in [0.15, 0.2) is 36.5 Å². The number of hydrogen-bond acceptors (Lipinski definition) is 2. The van der Waals surface area contributed by atoms with Gasteiger partial charge in [-0.25, -0.2) is 4.98 Å². The summed E-state index contributed by atoms with van der Waals surface area (Å²) in [6.45, 7) is 0.517. The van der Waals surface area contributed by atoms with Gasteiger partial charge in [0.25, 0.3) is 0 Å². The topological polar surface area (TPSA) is 43.8 Å². The Kier molecular flexibility index (Phi) is 3.65. The highest BCUT2D eigenvalue weighted by atomic mass is 15.1. The van der Waals surface area contributed by atoms with Gasteiger partial charge >= 0.3 is 0 Å². The lowest BCUT2D eigenvalue weighted by atomic mass is 9.95. The standard InChI is InChI=1S/C16H21N3/c17-11-16-18-15(13-7-3-1-4-8-13)12-19(16)14-9-5-2-6-10-14/h1,3-4,7-8,12,14H,2,5-6,9-11,17H2. The lowest BCUT2D eigenvalue weighted by Crippen LogP contribution is -2.16. The summed E-state index contributed by atoms with van der Waals surface area (Å²) in [4.78, 5) is 4.71. The van der Waals surface area contributed by atoms with Crippen LogP contribution in [0.4, 0.5) is 0 Å². The average Bonchev–Trinajstić information content (AvgIpc) is 2.93. The van der Waals surface area contributed by atoms with Crippen molar-refractivity contribution in [2.45, 2.75) is 44.7 Å². The molecule has 1 aliphatic carbocycles. The third-order valence-electron chi connectivity index (χ3n) is 4.03. The zero-order chi connectivity index (χ0) is 13.1. The van der Waals surface area contributed by atoms with Gasteiger partial charge in [0.05, 0.1) is 12.2 Å². The van der Waals surface area contributed by atoms with Crippen LogP contribution in [0.1, 0.15) is 44.0 Å². The van der Waals surface area contributed by atoms with Gasteiger partial charge in [-0.1, -0.05) is 49.6 Å². The molecule has 0 spiro atoms. The summed E-state index contributed by atoms with van der Waals surface area (Å²) in [6.07, 6.45) is 8.73. The largest absolute Gasteiger partial charge is 0.330 e. The summed E-state index contributed by atoms with van der Waals surface area (Å²) in [7, 11) is 0. The first-order chi connectivity index (χ1) is 9.38. The Morgan fingerprint density at radius 2 is 1.84 bits per heavy atom. The third kappa shape index (κ3) is 2.56. The van der Waals surface area contributed by atoms with Gasteiger partial charge < -0.3 is 10.3 Å². The number of nitrogens with zero attached hydrogens (tertiary/aromatic N) is 2. The van der Waals surface area contributed by atoms with Crippen molar-refractivity contribution in [3.05, 3.63) is 42.4 Å². The van der Waals surface area contributed by atoms with Gasteiger partial charge in [-0.3, -0.25) is 0 Å². The lowest BCUT2D eigenvalue weighted by molar-refractivity contribution is 0.346. The summed E-state index contributed by atoms with van der Waals surface area (Å²) < 4.78 is 2.32. The highest BCUT2D eigenvalue weighted by Crippen LogP contribution is 2.31. The first-order valence-electron chi connectivity index (χ1n) is 7.21. The fraction of sp³-hybridized carbons (Fsp3) is 0.438. The second-order valence-electron chi connectivity index (χ2n) is 5.31. The van der Waals surface area contributed by atoms with Crippen LogP contribution < -0.4 is 5.73 Å². The van der Waals surface area contributed by atoms with Gasteiger partial charge in [0.1, 0.15) is 5.82 Å². The predicted octanol–water partition coefficient (Wildman–Crippen LogP) is 3.51. The molecule has 1 fully saturated rings. The molecule has 1 aliphatic rings. The molecule has 3 rings (SSSR count). The number of hydrogen-bond donors (Lipinski definition) is 1. The van der Waals surface area contributed by atoms with Gasteiger partial charge in [0.15, 0.2) is 0 Å². The van der Waals surface area contributed by atoms with E-state index in [1.807, 2.05) is 6.07 Å². The van der Waals surface area contributed by atoms with E-state index in [1.54, 1.807) is 0 Å². The molecule has 3 nitrogen and oxygen atoms in total. The average molecular weight is 255 g/mol. The van der Waals surface area contributed by atoms with E-state index in [0.29, 0.717) is 12.6 Å². The number of benzene rings is 1. The molecule has 0 bridgehead atoms. The minimum atomic E-state index is 0.517. The van der Waals surface area contributed by atoms with E-state index < -0.39 is 0 Å². The fourth-order valence-electron chi connectivity index (χ4n) is 3.01. The normalized spacial score (nSPS) is 16.7. The van der Waals surface area contributed by atoms with E-state index in [0.717, 1.165) is 11.5 Å². The van der Waals surface area contributed by atoms with Crippen molar-refractivity contribution in [3.8, 4) is 11.3 Å². The highest BCUT2D eigenvalue weighted by Gasteiger charge is 2.19. The molecule has 3 heteroatoms. The molecule has 100 valence electrons. The monoisotopic (exact) mass is 255 g/mol. The molecule has 0 amide bonds. The van der Waals surface area contributed by atoms with Gasteiger partial charge in [0.2, 0.25) is 0 Å². The fourth-order valence-corrected chi connectivity index (χ4v) is 3.01. The molecule has 0 unspecified atom stereocenters. The summed E-state index contributed by atoms with van der Waals surface area (Å²) in [5.41, 5.74) is 8.09. The van der Waals surface area contributed by atoms with Crippen LogP contribution in [-0.4, -0.2) is 9.55 Å². The minimum absolute atomic E-state index is 0.517. The molecule has 19 heavy (non-hydrogen) atoms. The van der Waals surface area contributed by atoms with Crippen molar-refractivity contribution < 1.29 is 0 Å². The first kappa shape index (κ1) is 12.4. The first-order valence-corrected chi connectivity index (χ1v) is 7.21. The van der Waals surface area contributed by atoms with Crippen LogP contribution in [0.2, 0.25) is 0 Å². The Bertz CT molecular complexity index is 524. The maximum Gasteiger partial charge on any atom is 0.123 e. The molecule has 2 aromatic rings. The lowest BCUT2D eigenvalue weighted by Gasteiger charge is -2.24. The smallest absolute Gasteiger partial charge is 0.123 e. The second kappa shape index (κ2) is 5.57. The zero-order valence-corrected chi connectivity index (χ0v) is 11.3. The van der Waals surface area contributed by atoms with Gasteiger partial charge in [-0.15, -0.1) is 0 Å². The van der Waals surface area contributed by atoms with Crippen LogP contribution in [0, 0.1) is 0 Å². The summed E-state index contributed by atoms with van der Waals surface area (Å²) in [5, 5.41) is 0. The van der Waals surface area contributed by atoms with Crippen molar-refractivity contribution in [1.29, 1.82) is 0 Å². The summed E-state index contributed by atoms with van der Waals surface area (Å²) >= 11 is 0. The molecular weight excluding hydrogens is 234 g/mol. The molecule has 0 atom stereocenters. The van der Waals surface area contributed by atoms with E-state index in [9.17, 15) is 0 Å². The van der Waals surface area contributed by atoms with Crippen molar-refractivity contribution in [2.75, 3.05) is 0 Å². The molecule has 0 radical (unpaired) electrons. The molecule has 1 aromatic carbocycles. The Balaban J connectivity index is 1.94. The van der Waals surface area contributed by atoms with E-state index >= 15 is 0 Å². The molecule has 0 saturated heterocycles. The van der Waals surface area contributed by atoms with E-state index in [2.05, 4.69) is 35.0 Å². The van der Waals surface area contributed by atoms with Gasteiger partial charge in [-0.05, 0) is 12.8 Å². The van der Waals surface area contributed by atoms with Crippen molar-refractivity contribution in [2.24, 2.45) is 5.73 Å².